The van der Waals surface area contributed by atoms with Crippen molar-refractivity contribution in [1.29, 1.82) is 0 Å². The van der Waals surface area contributed by atoms with E-state index in [-0.39, 0.29) is 25.8 Å². The first-order valence-corrected chi connectivity index (χ1v) is 9.34. The van der Waals surface area contributed by atoms with E-state index in [1.165, 1.54) is 0 Å². The largest absolute Gasteiger partial charge is 0.454 e. The lowest BCUT2D eigenvalue weighted by Crippen LogP contribution is -2.40. The quantitative estimate of drug-likeness (QED) is 0.640. The molecular formula is C15H22N2O6S. The number of methoxy groups -OCH3 is 1. The van der Waals surface area contributed by atoms with Crippen molar-refractivity contribution >= 4 is 15.9 Å². The summed E-state index contributed by atoms with van der Waals surface area (Å²) in [7, 11) is -1.95. The number of rotatable bonds is 9. The van der Waals surface area contributed by atoms with Gasteiger partial charge >= 0.3 is 0 Å². The number of hydrogen-bond acceptors (Lipinski definition) is 6. The third-order valence-corrected chi connectivity index (χ3v) is 4.63. The maximum Gasteiger partial charge on any atom is 0.235 e. The molecule has 0 unspecified atom stereocenters. The van der Waals surface area contributed by atoms with Crippen LogP contribution in [0, 0.1) is 0 Å². The summed E-state index contributed by atoms with van der Waals surface area (Å²) in [4.78, 5) is 11.9. The molecule has 0 atom stereocenters. The first-order valence-electron chi connectivity index (χ1n) is 7.49. The molecule has 0 spiro atoms. The Hall–Kier alpha value is -1.84. The van der Waals surface area contributed by atoms with Crippen molar-refractivity contribution in [1.82, 2.24) is 9.62 Å². The molecule has 0 radical (unpaired) electrons. The smallest absolute Gasteiger partial charge is 0.235 e. The van der Waals surface area contributed by atoms with Gasteiger partial charge in [0.05, 0.1) is 12.8 Å². The van der Waals surface area contributed by atoms with Gasteiger partial charge in [-0.15, -0.1) is 0 Å². The SMILES string of the molecule is COCCCNC(=O)CN(Cc1ccc2c(c1)OCO2)S(C)(=O)=O. The average Bonchev–Trinajstić information content (AvgIpc) is 2.97. The van der Waals surface area contributed by atoms with Crippen LogP contribution in [0.5, 0.6) is 11.5 Å². The monoisotopic (exact) mass is 358 g/mol. The maximum atomic E-state index is 12.0. The first-order chi connectivity index (χ1) is 11.4. The number of nitrogens with zero attached hydrogens (tertiary/aromatic N) is 1. The third-order valence-electron chi connectivity index (χ3n) is 3.43. The van der Waals surface area contributed by atoms with Crippen LogP contribution in [0.25, 0.3) is 0 Å². The number of fused-ring (bicyclic) bond motifs is 1. The van der Waals surface area contributed by atoms with E-state index in [4.69, 9.17) is 14.2 Å². The Morgan fingerprint density at radius 2 is 2.08 bits per heavy atom. The minimum absolute atomic E-state index is 0.0843. The molecule has 0 aliphatic carbocycles. The van der Waals surface area contributed by atoms with Gasteiger partial charge in [0.2, 0.25) is 22.7 Å². The molecule has 1 N–H and O–H groups in total. The van der Waals surface area contributed by atoms with Gasteiger partial charge < -0.3 is 19.5 Å². The topological polar surface area (TPSA) is 94.2 Å². The predicted octanol–water partition coefficient (Wildman–Crippen LogP) is 0.330. The van der Waals surface area contributed by atoms with Gasteiger partial charge in [0, 0.05) is 26.8 Å². The van der Waals surface area contributed by atoms with Gasteiger partial charge in [0.25, 0.3) is 0 Å². The molecule has 0 bridgehead atoms. The van der Waals surface area contributed by atoms with Crippen LogP contribution in [0.2, 0.25) is 0 Å². The molecule has 1 aliphatic heterocycles. The lowest BCUT2D eigenvalue weighted by atomic mass is 10.2. The van der Waals surface area contributed by atoms with E-state index in [0.717, 1.165) is 16.1 Å². The highest BCUT2D eigenvalue weighted by atomic mass is 32.2. The minimum atomic E-state index is -3.53. The van der Waals surface area contributed by atoms with Gasteiger partial charge in [0.1, 0.15) is 0 Å². The molecule has 0 saturated heterocycles. The summed E-state index contributed by atoms with van der Waals surface area (Å²) < 4.78 is 40.4. The lowest BCUT2D eigenvalue weighted by molar-refractivity contribution is -0.121. The van der Waals surface area contributed by atoms with Gasteiger partial charge in [-0.2, -0.15) is 4.31 Å². The number of carbonyl (C=O) groups is 1. The van der Waals surface area contributed by atoms with Gasteiger partial charge in [-0.1, -0.05) is 6.07 Å². The van der Waals surface area contributed by atoms with Crippen molar-refractivity contribution in [2.75, 3.05) is 39.9 Å². The molecule has 1 heterocycles. The number of amides is 1. The van der Waals surface area contributed by atoms with E-state index < -0.39 is 10.0 Å². The molecule has 1 aromatic carbocycles. The summed E-state index contributed by atoms with van der Waals surface area (Å²) >= 11 is 0. The summed E-state index contributed by atoms with van der Waals surface area (Å²) in [6, 6.07) is 5.20. The fraction of sp³-hybridized carbons (Fsp3) is 0.533. The Kier molecular flexibility index (Phi) is 6.41. The van der Waals surface area contributed by atoms with Crippen molar-refractivity contribution in [2.24, 2.45) is 0 Å². The summed E-state index contributed by atoms with van der Waals surface area (Å²) in [5.41, 5.74) is 0.719. The van der Waals surface area contributed by atoms with Crippen molar-refractivity contribution in [2.45, 2.75) is 13.0 Å². The Bertz CT molecular complexity index is 677. The summed E-state index contributed by atoms with van der Waals surface area (Å²) in [6.07, 6.45) is 1.75. The van der Waals surface area contributed by atoms with Crippen LogP contribution >= 0.6 is 0 Å². The number of ether oxygens (including phenoxy) is 3. The molecule has 1 aliphatic rings. The van der Waals surface area contributed by atoms with Crippen molar-refractivity contribution in [3.8, 4) is 11.5 Å². The number of sulfonamides is 1. The van der Waals surface area contributed by atoms with Crippen molar-refractivity contribution in [3.05, 3.63) is 23.8 Å². The van der Waals surface area contributed by atoms with Crippen molar-refractivity contribution < 1.29 is 27.4 Å². The molecule has 8 nitrogen and oxygen atoms in total. The van der Waals surface area contributed by atoms with E-state index in [9.17, 15) is 13.2 Å². The van der Waals surface area contributed by atoms with Crippen molar-refractivity contribution in [3.63, 3.8) is 0 Å². The Labute approximate surface area is 141 Å². The molecule has 134 valence electrons. The van der Waals surface area contributed by atoms with E-state index in [0.29, 0.717) is 31.1 Å². The zero-order valence-electron chi connectivity index (χ0n) is 13.8. The highest BCUT2D eigenvalue weighted by Gasteiger charge is 2.22. The lowest BCUT2D eigenvalue weighted by Gasteiger charge is -2.19. The number of benzene rings is 1. The molecule has 2 rings (SSSR count). The van der Waals surface area contributed by atoms with Gasteiger partial charge in [-0.25, -0.2) is 8.42 Å². The van der Waals surface area contributed by atoms with Crippen LogP contribution < -0.4 is 14.8 Å². The number of nitrogens with one attached hydrogen (secondary N) is 1. The zero-order valence-corrected chi connectivity index (χ0v) is 14.6. The Morgan fingerprint density at radius 1 is 1.33 bits per heavy atom. The minimum Gasteiger partial charge on any atom is -0.454 e. The van der Waals surface area contributed by atoms with Gasteiger partial charge in [-0.3, -0.25) is 4.79 Å². The second-order valence-electron chi connectivity index (χ2n) is 5.41. The van der Waals surface area contributed by atoms with E-state index >= 15 is 0 Å². The highest BCUT2D eigenvalue weighted by Crippen LogP contribution is 2.32. The molecule has 1 aromatic rings. The van der Waals surface area contributed by atoms with Crippen LogP contribution in [-0.4, -0.2) is 58.5 Å². The van der Waals surface area contributed by atoms with Gasteiger partial charge in [0.15, 0.2) is 11.5 Å². The normalized spacial score (nSPS) is 13.3. The third kappa shape index (κ3) is 5.36. The molecule has 9 heteroatoms. The fourth-order valence-corrected chi connectivity index (χ4v) is 2.93. The summed E-state index contributed by atoms with van der Waals surface area (Å²) in [6.45, 7) is 0.973. The fourth-order valence-electron chi connectivity index (χ4n) is 2.19. The molecule has 0 saturated carbocycles. The van der Waals surface area contributed by atoms with Crippen LogP contribution in [0.15, 0.2) is 18.2 Å². The zero-order chi connectivity index (χ0) is 17.6. The first kappa shape index (κ1) is 18.5. The second kappa shape index (κ2) is 8.32. The van der Waals surface area contributed by atoms with Crippen LogP contribution in [0.1, 0.15) is 12.0 Å². The van der Waals surface area contributed by atoms with Crippen LogP contribution in [0.3, 0.4) is 0 Å². The summed E-state index contributed by atoms with van der Waals surface area (Å²) in [5, 5.41) is 2.68. The Morgan fingerprint density at radius 3 is 2.79 bits per heavy atom. The molecule has 24 heavy (non-hydrogen) atoms. The van der Waals surface area contributed by atoms with Crippen LogP contribution in [-0.2, 0) is 26.1 Å². The van der Waals surface area contributed by atoms with E-state index in [1.807, 2.05) is 0 Å². The van der Waals surface area contributed by atoms with Gasteiger partial charge in [-0.05, 0) is 24.1 Å². The van der Waals surface area contributed by atoms with E-state index in [2.05, 4.69) is 5.32 Å². The highest BCUT2D eigenvalue weighted by molar-refractivity contribution is 7.88. The number of carbonyl (C=O) groups excluding carboxylic acids is 1. The predicted molar refractivity (Wildman–Crippen MR) is 87.3 cm³/mol. The Balaban J connectivity index is 1.97. The summed E-state index contributed by atoms with van der Waals surface area (Å²) in [5.74, 6) is 0.850. The molecular weight excluding hydrogens is 336 g/mol. The molecule has 0 fully saturated rings. The second-order valence-corrected chi connectivity index (χ2v) is 7.40. The number of hydrogen-bond donors (Lipinski definition) is 1. The average molecular weight is 358 g/mol. The standard InChI is InChI=1S/C15H22N2O6S/c1-21-7-3-6-16-15(18)10-17(24(2,19)20)9-12-4-5-13-14(8-12)23-11-22-13/h4-5,8H,3,6-7,9-11H2,1-2H3,(H,16,18). The molecule has 1 amide bonds. The van der Waals surface area contributed by atoms with Crippen LogP contribution in [0.4, 0.5) is 0 Å². The molecule has 0 aromatic heterocycles. The van der Waals surface area contributed by atoms with E-state index in [1.54, 1.807) is 25.3 Å². The maximum absolute atomic E-state index is 12.0.